The van der Waals surface area contributed by atoms with E-state index in [2.05, 4.69) is 4.72 Å². The Labute approximate surface area is 193 Å². The number of halogens is 1. The summed E-state index contributed by atoms with van der Waals surface area (Å²) in [6.07, 6.45) is 1.46. The minimum Gasteiger partial charge on any atom is -0.459 e. The molecule has 176 valence electrons. The smallest absolute Gasteiger partial charge is 0.289 e. The predicted octanol–water partition coefficient (Wildman–Crippen LogP) is 4.58. The molecule has 1 N–H and O–H groups in total. The molecule has 0 saturated heterocycles. The first-order valence-corrected chi connectivity index (χ1v) is 12.0. The van der Waals surface area contributed by atoms with E-state index in [0.717, 1.165) is 23.4 Å². The van der Waals surface area contributed by atoms with E-state index in [9.17, 15) is 17.6 Å². The number of nitrogens with one attached hydrogen (secondary N) is 1. The number of nitrogens with zero attached hydrogens (tertiary/aromatic N) is 2. The molecule has 1 aromatic heterocycles. The molecule has 33 heavy (non-hydrogen) atoms. The van der Waals surface area contributed by atoms with Gasteiger partial charge in [0.2, 0.25) is 0 Å². The molecule has 0 saturated carbocycles. The van der Waals surface area contributed by atoms with Gasteiger partial charge in [-0.05, 0) is 66.1 Å². The zero-order valence-corrected chi connectivity index (χ0v) is 19.9. The highest BCUT2D eigenvalue weighted by Gasteiger charge is 2.22. The van der Waals surface area contributed by atoms with Crippen molar-refractivity contribution in [3.63, 3.8) is 0 Å². The van der Waals surface area contributed by atoms with Crippen LogP contribution in [0.1, 0.15) is 30.0 Å². The number of rotatable bonds is 9. The van der Waals surface area contributed by atoms with Crippen molar-refractivity contribution in [2.24, 2.45) is 5.92 Å². The van der Waals surface area contributed by atoms with Crippen molar-refractivity contribution in [2.45, 2.75) is 25.3 Å². The summed E-state index contributed by atoms with van der Waals surface area (Å²) in [4.78, 5) is 16.6. The molecule has 9 heteroatoms. The number of amides is 1. The summed E-state index contributed by atoms with van der Waals surface area (Å²) in [6.45, 7) is 4.79. The molecular weight excluding hydrogens is 445 g/mol. The minimum absolute atomic E-state index is 0.0448. The molecule has 0 atom stereocenters. The first kappa shape index (κ1) is 24.3. The van der Waals surface area contributed by atoms with Crippen molar-refractivity contribution in [3.05, 3.63) is 78.0 Å². The molecule has 1 amide bonds. The van der Waals surface area contributed by atoms with E-state index >= 15 is 0 Å². The number of sulfonamides is 1. The number of carbonyl (C=O) groups excluding carboxylic acids is 1. The standard InChI is InChI=1S/C24H28FN3O4S/c1-17(2)15-28(24(29)23-6-5-13-32-23)16-18-14-20(9-12-22(18)27(3)4)26-33(30,31)21-10-7-19(25)8-11-21/h5-14,17,26H,15-16H2,1-4H3. The van der Waals surface area contributed by atoms with Gasteiger partial charge in [0, 0.05) is 38.6 Å². The van der Waals surface area contributed by atoms with Crippen LogP contribution in [-0.2, 0) is 16.6 Å². The predicted molar refractivity (Wildman–Crippen MR) is 126 cm³/mol. The molecule has 0 aliphatic rings. The maximum atomic E-state index is 13.2. The second-order valence-electron chi connectivity index (χ2n) is 8.35. The molecule has 0 aliphatic carbocycles. The molecule has 2 aromatic carbocycles. The van der Waals surface area contributed by atoms with Crippen molar-refractivity contribution in [2.75, 3.05) is 30.3 Å². The van der Waals surface area contributed by atoms with Crippen LogP contribution in [0.4, 0.5) is 15.8 Å². The molecule has 0 fully saturated rings. The molecule has 7 nitrogen and oxygen atoms in total. The van der Waals surface area contributed by atoms with Crippen LogP contribution < -0.4 is 9.62 Å². The maximum absolute atomic E-state index is 13.2. The summed E-state index contributed by atoms with van der Waals surface area (Å²) in [5, 5.41) is 0. The Morgan fingerprint density at radius 1 is 1.09 bits per heavy atom. The fourth-order valence-corrected chi connectivity index (χ4v) is 4.51. The van der Waals surface area contributed by atoms with Crippen molar-refractivity contribution in [1.82, 2.24) is 4.90 Å². The number of carbonyl (C=O) groups is 1. The Hall–Kier alpha value is -3.33. The average molecular weight is 474 g/mol. The van der Waals surface area contributed by atoms with Gasteiger partial charge >= 0.3 is 0 Å². The molecule has 0 spiro atoms. The lowest BCUT2D eigenvalue weighted by Crippen LogP contribution is -2.34. The number of anilines is 2. The van der Waals surface area contributed by atoms with Crippen LogP contribution >= 0.6 is 0 Å². The number of benzene rings is 2. The molecular formula is C24H28FN3O4S. The number of hydrogen-bond acceptors (Lipinski definition) is 5. The van der Waals surface area contributed by atoms with Gasteiger partial charge in [0.1, 0.15) is 5.82 Å². The first-order chi connectivity index (χ1) is 15.6. The molecule has 0 radical (unpaired) electrons. The lowest BCUT2D eigenvalue weighted by Gasteiger charge is -2.27. The van der Waals surface area contributed by atoms with E-state index in [4.69, 9.17) is 4.42 Å². The zero-order chi connectivity index (χ0) is 24.2. The summed E-state index contributed by atoms with van der Waals surface area (Å²) < 4.78 is 46.5. The summed E-state index contributed by atoms with van der Waals surface area (Å²) in [6, 6.07) is 13.0. The number of furan rings is 1. The van der Waals surface area contributed by atoms with Crippen LogP contribution in [0.3, 0.4) is 0 Å². The Balaban J connectivity index is 1.93. The fourth-order valence-electron chi connectivity index (χ4n) is 3.46. The Morgan fingerprint density at radius 3 is 2.36 bits per heavy atom. The third kappa shape index (κ3) is 6.13. The second-order valence-corrected chi connectivity index (χ2v) is 10.0. The SMILES string of the molecule is CC(C)CN(Cc1cc(NS(=O)(=O)c2ccc(F)cc2)ccc1N(C)C)C(=O)c1ccco1. The van der Waals surface area contributed by atoms with Gasteiger partial charge in [0.25, 0.3) is 15.9 Å². The van der Waals surface area contributed by atoms with Gasteiger partial charge in [0.05, 0.1) is 11.2 Å². The highest BCUT2D eigenvalue weighted by atomic mass is 32.2. The van der Waals surface area contributed by atoms with E-state index in [1.165, 1.54) is 18.4 Å². The largest absolute Gasteiger partial charge is 0.459 e. The summed E-state index contributed by atoms with van der Waals surface area (Å²) in [7, 11) is -0.150. The van der Waals surface area contributed by atoms with Crippen molar-refractivity contribution >= 4 is 27.3 Å². The third-order valence-corrected chi connectivity index (χ3v) is 6.30. The van der Waals surface area contributed by atoms with E-state index in [1.54, 1.807) is 35.2 Å². The molecule has 1 heterocycles. The van der Waals surface area contributed by atoms with Crippen molar-refractivity contribution in [3.8, 4) is 0 Å². The normalized spacial score (nSPS) is 11.5. The Kier molecular flexibility index (Phi) is 7.43. The van der Waals surface area contributed by atoms with Gasteiger partial charge in [0.15, 0.2) is 5.76 Å². The van der Waals surface area contributed by atoms with Crippen molar-refractivity contribution < 1.29 is 22.0 Å². The monoisotopic (exact) mass is 473 g/mol. The van der Waals surface area contributed by atoms with Crippen molar-refractivity contribution in [1.29, 1.82) is 0 Å². The van der Waals surface area contributed by atoms with Crippen LogP contribution in [0, 0.1) is 11.7 Å². The van der Waals surface area contributed by atoms with Gasteiger partial charge in [-0.25, -0.2) is 12.8 Å². The topological polar surface area (TPSA) is 82.9 Å². The molecule has 0 unspecified atom stereocenters. The molecule has 0 aliphatic heterocycles. The summed E-state index contributed by atoms with van der Waals surface area (Å²) in [5.41, 5.74) is 1.95. The Bertz CT molecular complexity index is 1190. The van der Waals surface area contributed by atoms with Crippen LogP contribution in [0.25, 0.3) is 0 Å². The third-order valence-electron chi connectivity index (χ3n) is 4.90. The molecule has 3 rings (SSSR count). The van der Waals surface area contributed by atoms with E-state index in [0.29, 0.717) is 12.2 Å². The van der Waals surface area contributed by atoms with Gasteiger partial charge in [-0.1, -0.05) is 13.8 Å². The second kappa shape index (κ2) is 10.1. The highest BCUT2D eigenvalue weighted by molar-refractivity contribution is 7.92. The minimum atomic E-state index is -3.91. The highest BCUT2D eigenvalue weighted by Crippen LogP contribution is 2.27. The molecule has 0 bridgehead atoms. The lowest BCUT2D eigenvalue weighted by atomic mass is 10.1. The lowest BCUT2D eigenvalue weighted by molar-refractivity contribution is 0.0690. The zero-order valence-electron chi connectivity index (χ0n) is 19.1. The van der Waals surface area contributed by atoms with Crippen LogP contribution in [0.2, 0.25) is 0 Å². The van der Waals surface area contributed by atoms with Gasteiger partial charge < -0.3 is 14.2 Å². The van der Waals surface area contributed by atoms with E-state index in [1.807, 2.05) is 32.8 Å². The van der Waals surface area contributed by atoms with Gasteiger partial charge in [-0.15, -0.1) is 0 Å². The van der Waals surface area contributed by atoms with E-state index in [-0.39, 0.29) is 29.0 Å². The summed E-state index contributed by atoms with van der Waals surface area (Å²) >= 11 is 0. The summed E-state index contributed by atoms with van der Waals surface area (Å²) in [5.74, 6) is -0.296. The number of hydrogen-bond donors (Lipinski definition) is 1. The van der Waals surface area contributed by atoms with Crippen LogP contribution in [-0.4, -0.2) is 39.9 Å². The van der Waals surface area contributed by atoms with Gasteiger partial charge in [-0.2, -0.15) is 0 Å². The van der Waals surface area contributed by atoms with Crippen LogP contribution in [0.15, 0.2) is 70.2 Å². The average Bonchev–Trinajstić information content (AvgIpc) is 3.27. The first-order valence-electron chi connectivity index (χ1n) is 10.5. The Morgan fingerprint density at radius 2 is 1.79 bits per heavy atom. The van der Waals surface area contributed by atoms with E-state index < -0.39 is 15.8 Å². The molecule has 3 aromatic rings. The maximum Gasteiger partial charge on any atom is 0.289 e. The fraction of sp³-hybridized carbons (Fsp3) is 0.292. The van der Waals surface area contributed by atoms with Crippen LogP contribution in [0.5, 0.6) is 0 Å². The van der Waals surface area contributed by atoms with Gasteiger partial charge in [-0.3, -0.25) is 9.52 Å². The quantitative estimate of drug-likeness (QED) is 0.492.